The third-order valence-electron chi connectivity index (χ3n) is 7.03. The van der Waals surface area contributed by atoms with E-state index in [4.69, 9.17) is 34.3 Å². The summed E-state index contributed by atoms with van der Waals surface area (Å²) in [5.74, 6) is 0.776. The van der Waals surface area contributed by atoms with Crippen LogP contribution in [0.3, 0.4) is 0 Å². The Labute approximate surface area is 285 Å². The Hall–Kier alpha value is -0.610. The number of alkyl halides is 1. The zero-order valence-corrected chi connectivity index (χ0v) is 30.1. The number of nitrogen functional groups attached to an aromatic ring is 1. The smallest absolute Gasteiger partial charge is 0.141 e. The molecule has 0 bridgehead atoms. The number of nitrogens with zero attached hydrogens (tertiary/aromatic N) is 1. The van der Waals surface area contributed by atoms with Gasteiger partial charge in [-0.2, -0.15) is 0 Å². The molecule has 2 aliphatic rings. The monoisotopic (exact) mass is 827 g/mol. The van der Waals surface area contributed by atoms with Gasteiger partial charge in [-0.05, 0) is 115 Å². The summed E-state index contributed by atoms with van der Waals surface area (Å²) in [7, 11) is 0. The summed E-state index contributed by atoms with van der Waals surface area (Å²) in [6.45, 7) is 4.16. The Kier molecular flexibility index (Phi) is 19.8. The van der Waals surface area contributed by atoms with Crippen LogP contribution in [0.15, 0.2) is 60.8 Å². The van der Waals surface area contributed by atoms with Gasteiger partial charge in [0.05, 0.1) is 0 Å². The number of pyridine rings is 1. The first-order chi connectivity index (χ1) is 18.7. The molecule has 0 amide bonds. The van der Waals surface area contributed by atoms with E-state index in [-0.39, 0.29) is 18.2 Å². The van der Waals surface area contributed by atoms with Crippen LogP contribution in [0.4, 0.5) is 0 Å². The van der Waals surface area contributed by atoms with Crippen LogP contribution in [0, 0.1) is 22.8 Å². The highest BCUT2D eigenvalue weighted by Crippen LogP contribution is 2.35. The zero-order valence-electron chi connectivity index (χ0n) is 23.4. The molecule has 2 aliphatic carbocycles. The Morgan fingerprint density at radius 3 is 1.77 bits per heavy atom. The highest BCUT2D eigenvalue weighted by molar-refractivity contribution is 14.1. The number of nitrogens with two attached hydrogens (primary N) is 1. The fraction of sp³-hybridized carbons (Fsp3) is 0.438. The summed E-state index contributed by atoms with van der Waals surface area (Å²) in [6, 6.07) is 17.5. The number of hydrogen-bond acceptors (Lipinski definition) is 2. The molecule has 5 rings (SSSR count). The lowest BCUT2D eigenvalue weighted by Gasteiger charge is -2.23. The third-order valence-corrected chi connectivity index (χ3v) is 10.3. The molecule has 3 aromatic rings. The molecule has 40 heavy (non-hydrogen) atoms. The lowest BCUT2D eigenvalue weighted by molar-refractivity contribution is 0.442. The fourth-order valence-corrected chi connectivity index (χ4v) is 6.53. The molecule has 2 fully saturated rings. The van der Waals surface area contributed by atoms with Gasteiger partial charge in [-0.1, -0.05) is 109 Å². The molecule has 1 heterocycles. The van der Waals surface area contributed by atoms with Crippen LogP contribution in [-0.4, -0.2) is 14.7 Å². The first-order valence-corrected chi connectivity index (χ1v) is 16.8. The van der Waals surface area contributed by atoms with E-state index in [9.17, 15) is 0 Å². The minimum absolute atomic E-state index is 0. The molecular formula is C32H42Cl3I2N3. The molecule has 8 heteroatoms. The first-order valence-electron chi connectivity index (χ1n) is 13.8. The van der Waals surface area contributed by atoms with E-state index in [1.807, 2.05) is 31.2 Å². The molecule has 0 radical (unpaired) electrons. The number of amidine groups is 1. The van der Waals surface area contributed by atoms with Crippen molar-refractivity contribution in [1.82, 2.24) is 4.98 Å². The van der Waals surface area contributed by atoms with Crippen molar-refractivity contribution in [2.24, 2.45) is 5.73 Å². The number of aromatic nitrogens is 1. The van der Waals surface area contributed by atoms with Crippen molar-refractivity contribution >= 4 is 86.6 Å². The summed E-state index contributed by atoms with van der Waals surface area (Å²) >= 11 is 16.8. The second kappa shape index (κ2) is 21.1. The van der Waals surface area contributed by atoms with Crippen molar-refractivity contribution in [3.8, 4) is 0 Å². The molecule has 3 nitrogen and oxygen atoms in total. The van der Waals surface area contributed by atoms with Gasteiger partial charge >= 0.3 is 0 Å². The molecule has 0 unspecified atom stereocenters. The standard InChI is InChI=1S/C13H17Cl.C7H6ClI.C6H11I.C6H7N3.ClH/c1-10-12(8-5-9-13(10)14)11-6-3-2-4-7-11;1-5-6(8)3-2-4-7(5)9;7-6-4-2-1-3-5-6;7-6(8)5-3-1-2-4-9-5;/h5,8-9,11H,2-4,6-7H2,1H3;2-4H,1H3;6H,1-5H2;1-4H,(H3,7,8);1H. The molecule has 1 aromatic heterocycles. The van der Waals surface area contributed by atoms with Crippen LogP contribution in [0.1, 0.15) is 92.5 Å². The second-order valence-electron chi connectivity index (χ2n) is 10.00. The maximum Gasteiger partial charge on any atom is 0.141 e. The molecule has 0 saturated heterocycles. The number of halogens is 5. The molecule has 0 aliphatic heterocycles. The predicted molar refractivity (Wildman–Crippen MR) is 194 cm³/mol. The Morgan fingerprint density at radius 2 is 1.35 bits per heavy atom. The van der Waals surface area contributed by atoms with Crippen molar-refractivity contribution in [2.75, 3.05) is 0 Å². The van der Waals surface area contributed by atoms with E-state index < -0.39 is 0 Å². The second-order valence-corrected chi connectivity index (χ2v) is 13.7. The van der Waals surface area contributed by atoms with Gasteiger partial charge in [0.1, 0.15) is 11.5 Å². The van der Waals surface area contributed by atoms with Crippen molar-refractivity contribution < 1.29 is 0 Å². The SMILES string of the molecule is Cc1c(Cl)cccc1C1CCCCC1.Cc1c(Cl)cccc1I.Cl.IC1CCCCC1.N=C(N)c1ccccn1. The molecule has 0 spiro atoms. The zero-order chi connectivity index (χ0) is 28.6. The lowest BCUT2D eigenvalue weighted by atomic mass is 9.82. The van der Waals surface area contributed by atoms with Crippen LogP contribution in [0.25, 0.3) is 0 Å². The quantitative estimate of drug-likeness (QED) is 0.117. The summed E-state index contributed by atoms with van der Waals surface area (Å²) < 4.78 is 2.23. The van der Waals surface area contributed by atoms with E-state index in [2.05, 4.69) is 69.2 Å². The Balaban J connectivity index is 0.000000274. The van der Waals surface area contributed by atoms with Crippen LogP contribution >= 0.6 is 80.8 Å². The van der Waals surface area contributed by atoms with Crippen molar-refractivity contribution in [2.45, 2.75) is 87.9 Å². The van der Waals surface area contributed by atoms with Crippen LogP contribution in [0.2, 0.25) is 10.0 Å². The van der Waals surface area contributed by atoms with E-state index in [0.717, 1.165) is 19.9 Å². The average Bonchev–Trinajstić information content (AvgIpc) is 2.96. The maximum absolute atomic E-state index is 6.95. The number of nitrogens with one attached hydrogen (secondary N) is 1. The highest BCUT2D eigenvalue weighted by Gasteiger charge is 2.17. The van der Waals surface area contributed by atoms with Crippen LogP contribution in [-0.2, 0) is 0 Å². The van der Waals surface area contributed by atoms with Crippen molar-refractivity contribution in [3.05, 3.63) is 96.8 Å². The number of benzene rings is 2. The molecule has 3 N–H and O–H groups in total. The number of hydrogen-bond donors (Lipinski definition) is 2. The van der Waals surface area contributed by atoms with E-state index in [1.165, 1.54) is 84.5 Å². The lowest BCUT2D eigenvalue weighted by Crippen LogP contribution is -2.12. The molecule has 2 aromatic carbocycles. The van der Waals surface area contributed by atoms with Gasteiger partial charge in [0.25, 0.3) is 0 Å². The summed E-state index contributed by atoms with van der Waals surface area (Å²) in [4.78, 5) is 3.83. The predicted octanol–water partition coefficient (Wildman–Crippen LogP) is 11.5. The Bertz CT molecular complexity index is 1110. The average molecular weight is 829 g/mol. The number of rotatable bonds is 2. The molecule has 2 saturated carbocycles. The largest absolute Gasteiger partial charge is 0.382 e. The maximum atomic E-state index is 6.95. The Morgan fingerprint density at radius 1 is 0.800 bits per heavy atom. The minimum atomic E-state index is 0. The van der Waals surface area contributed by atoms with Gasteiger partial charge in [0, 0.05) is 23.7 Å². The van der Waals surface area contributed by atoms with Crippen molar-refractivity contribution in [3.63, 3.8) is 0 Å². The normalized spacial score (nSPS) is 15.1. The summed E-state index contributed by atoms with van der Waals surface area (Å²) in [5.41, 5.74) is 9.60. The minimum Gasteiger partial charge on any atom is -0.382 e. The van der Waals surface area contributed by atoms with Gasteiger partial charge in [-0.15, -0.1) is 12.4 Å². The third kappa shape index (κ3) is 14.0. The van der Waals surface area contributed by atoms with Gasteiger partial charge in [0.2, 0.25) is 0 Å². The van der Waals surface area contributed by atoms with Gasteiger partial charge in [0.15, 0.2) is 0 Å². The van der Waals surface area contributed by atoms with Gasteiger partial charge < -0.3 is 5.73 Å². The molecule has 220 valence electrons. The molecule has 0 atom stereocenters. The van der Waals surface area contributed by atoms with Crippen LogP contribution < -0.4 is 5.73 Å². The van der Waals surface area contributed by atoms with Crippen molar-refractivity contribution in [1.29, 1.82) is 5.41 Å². The fourth-order valence-electron chi connectivity index (χ4n) is 4.64. The first kappa shape index (κ1) is 37.4. The van der Waals surface area contributed by atoms with Crippen LogP contribution in [0.5, 0.6) is 0 Å². The van der Waals surface area contributed by atoms with E-state index in [1.54, 1.807) is 24.4 Å². The highest BCUT2D eigenvalue weighted by atomic mass is 127. The summed E-state index contributed by atoms with van der Waals surface area (Å²) in [5, 5.41) is 8.72. The van der Waals surface area contributed by atoms with Gasteiger partial charge in [-0.25, -0.2) is 0 Å². The van der Waals surface area contributed by atoms with Gasteiger partial charge in [-0.3, -0.25) is 10.4 Å². The summed E-state index contributed by atoms with van der Waals surface area (Å²) in [6.07, 6.45) is 15.9. The van der Waals surface area contributed by atoms with E-state index in [0.29, 0.717) is 5.69 Å². The van der Waals surface area contributed by atoms with E-state index >= 15 is 0 Å². The molecular weight excluding hydrogens is 787 g/mol. The topological polar surface area (TPSA) is 62.8 Å².